The number of rotatable bonds is 5. The standard InChI is InChI=1S/C12H19NO/c1-3-12(13-9-10(2)14)11-7-5-4-6-8-11/h4-8,10,12-14H,3,9H2,1-2H3/t10-,12+/m0/s1. The molecule has 0 aliphatic heterocycles. The average Bonchev–Trinajstić information content (AvgIpc) is 2.20. The van der Waals surface area contributed by atoms with Gasteiger partial charge in [-0.3, -0.25) is 0 Å². The van der Waals surface area contributed by atoms with Crippen LogP contribution in [0.1, 0.15) is 31.9 Å². The van der Waals surface area contributed by atoms with Gasteiger partial charge in [-0.2, -0.15) is 0 Å². The minimum absolute atomic E-state index is 0.284. The van der Waals surface area contributed by atoms with Gasteiger partial charge in [0.2, 0.25) is 0 Å². The Balaban J connectivity index is 2.54. The van der Waals surface area contributed by atoms with Crippen molar-refractivity contribution in [2.45, 2.75) is 32.4 Å². The number of nitrogens with one attached hydrogen (secondary N) is 1. The summed E-state index contributed by atoms with van der Waals surface area (Å²) in [7, 11) is 0. The highest BCUT2D eigenvalue weighted by Gasteiger charge is 2.08. The van der Waals surface area contributed by atoms with E-state index in [0.717, 1.165) is 6.42 Å². The lowest BCUT2D eigenvalue weighted by molar-refractivity contribution is 0.185. The number of benzene rings is 1. The predicted octanol–water partition coefficient (Wildman–Crippen LogP) is 2.11. The van der Waals surface area contributed by atoms with Gasteiger partial charge in [0.1, 0.15) is 0 Å². The molecular weight excluding hydrogens is 174 g/mol. The van der Waals surface area contributed by atoms with Gasteiger partial charge in [0, 0.05) is 12.6 Å². The first-order valence-corrected chi connectivity index (χ1v) is 5.20. The van der Waals surface area contributed by atoms with Crippen molar-refractivity contribution in [1.82, 2.24) is 5.32 Å². The molecular formula is C12H19NO. The summed E-state index contributed by atoms with van der Waals surface area (Å²) < 4.78 is 0. The van der Waals surface area contributed by atoms with Crippen LogP contribution in [0.4, 0.5) is 0 Å². The Hall–Kier alpha value is -0.860. The van der Waals surface area contributed by atoms with E-state index in [4.69, 9.17) is 0 Å². The molecule has 2 nitrogen and oxygen atoms in total. The van der Waals surface area contributed by atoms with Crippen molar-refractivity contribution in [3.05, 3.63) is 35.9 Å². The van der Waals surface area contributed by atoms with Crippen LogP contribution in [0.2, 0.25) is 0 Å². The summed E-state index contributed by atoms with van der Waals surface area (Å²) in [5, 5.41) is 12.5. The predicted molar refractivity (Wildman–Crippen MR) is 59.2 cm³/mol. The SMILES string of the molecule is CC[C@@H](NC[C@H](C)O)c1ccccc1. The third-order valence-electron chi connectivity index (χ3n) is 2.27. The Morgan fingerprint density at radius 1 is 1.29 bits per heavy atom. The minimum Gasteiger partial charge on any atom is -0.392 e. The fraction of sp³-hybridized carbons (Fsp3) is 0.500. The molecule has 0 spiro atoms. The summed E-state index contributed by atoms with van der Waals surface area (Å²) in [4.78, 5) is 0. The molecule has 0 radical (unpaired) electrons. The molecule has 2 atom stereocenters. The lowest BCUT2D eigenvalue weighted by atomic mass is 10.0. The largest absolute Gasteiger partial charge is 0.392 e. The monoisotopic (exact) mass is 193 g/mol. The Labute approximate surface area is 86.0 Å². The molecule has 1 aromatic rings. The maximum atomic E-state index is 9.18. The molecule has 0 fully saturated rings. The zero-order chi connectivity index (χ0) is 10.4. The Morgan fingerprint density at radius 3 is 2.43 bits per heavy atom. The van der Waals surface area contributed by atoms with Crippen LogP contribution in [0.15, 0.2) is 30.3 Å². The fourth-order valence-electron chi connectivity index (χ4n) is 1.50. The van der Waals surface area contributed by atoms with Crippen LogP contribution in [-0.4, -0.2) is 17.8 Å². The van der Waals surface area contributed by atoms with E-state index in [2.05, 4.69) is 24.4 Å². The van der Waals surface area contributed by atoms with Crippen molar-refractivity contribution in [1.29, 1.82) is 0 Å². The van der Waals surface area contributed by atoms with Gasteiger partial charge in [-0.05, 0) is 18.9 Å². The molecule has 78 valence electrons. The number of aliphatic hydroxyl groups excluding tert-OH is 1. The van der Waals surface area contributed by atoms with Crippen LogP contribution in [0.3, 0.4) is 0 Å². The quantitative estimate of drug-likeness (QED) is 0.750. The van der Waals surface area contributed by atoms with Crippen LogP contribution >= 0.6 is 0 Å². The lowest BCUT2D eigenvalue weighted by Gasteiger charge is -2.18. The Morgan fingerprint density at radius 2 is 1.93 bits per heavy atom. The van der Waals surface area contributed by atoms with Gasteiger partial charge in [-0.25, -0.2) is 0 Å². The average molecular weight is 193 g/mol. The molecule has 1 rings (SSSR count). The Bertz CT molecular complexity index is 246. The topological polar surface area (TPSA) is 32.3 Å². The van der Waals surface area contributed by atoms with E-state index in [0.29, 0.717) is 12.6 Å². The van der Waals surface area contributed by atoms with Crippen molar-refractivity contribution in [3.63, 3.8) is 0 Å². The smallest absolute Gasteiger partial charge is 0.0636 e. The first kappa shape index (κ1) is 11.2. The minimum atomic E-state index is -0.284. The van der Waals surface area contributed by atoms with E-state index in [-0.39, 0.29) is 6.10 Å². The Kier molecular flexibility index (Phi) is 4.63. The van der Waals surface area contributed by atoms with Crippen LogP contribution in [0, 0.1) is 0 Å². The molecule has 1 aromatic carbocycles. The van der Waals surface area contributed by atoms with Crippen molar-refractivity contribution in [2.24, 2.45) is 0 Å². The number of hydrogen-bond acceptors (Lipinski definition) is 2. The molecule has 0 aliphatic carbocycles. The molecule has 0 saturated heterocycles. The third-order valence-corrected chi connectivity index (χ3v) is 2.27. The van der Waals surface area contributed by atoms with E-state index >= 15 is 0 Å². The molecule has 14 heavy (non-hydrogen) atoms. The van der Waals surface area contributed by atoms with Crippen molar-refractivity contribution in [3.8, 4) is 0 Å². The molecule has 0 bridgehead atoms. The second-order valence-corrected chi connectivity index (χ2v) is 3.63. The van der Waals surface area contributed by atoms with Gasteiger partial charge in [0.05, 0.1) is 6.10 Å². The molecule has 2 heteroatoms. The normalized spacial score (nSPS) is 15.1. The summed E-state index contributed by atoms with van der Waals surface area (Å²) in [6.45, 7) is 4.59. The number of hydrogen-bond donors (Lipinski definition) is 2. The lowest BCUT2D eigenvalue weighted by Crippen LogP contribution is -2.28. The van der Waals surface area contributed by atoms with Crippen molar-refractivity contribution >= 4 is 0 Å². The molecule has 0 amide bonds. The molecule has 0 heterocycles. The van der Waals surface area contributed by atoms with E-state index in [1.807, 2.05) is 18.2 Å². The van der Waals surface area contributed by atoms with Gasteiger partial charge in [-0.15, -0.1) is 0 Å². The molecule has 0 unspecified atom stereocenters. The highest BCUT2D eigenvalue weighted by Crippen LogP contribution is 2.15. The maximum absolute atomic E-state index is 9.18. The highest BCUT2D eigenvalue weighted by atomic mass is 16.3. The molecule has 2 N–H and O–H groups in total. The van der Waals surface area contributed by atoms with Gasteiger partial charge in [0.25, 0.3) is 0 Å². The summed E-state index contributed by atoms with van der Waals surface area (Å²) in [6.07, 6.45) is 0.754. The maximum Gasteiger partial charge on any atom is 0.0636 e. The van der Waals surface area contributed by atoms with Gasteiger partial charge in [0.15, 0.2) is 0 Å². The molecule has 0 aliphatic rings. The van der Waals surface area contributed by atoms with Crippen LogP contribution in [-0.2, 0) is 0 Å². The van der Waals surface area contributed by atoms with Gasteiger partial charge in [-0.1, -0.05) is 37.3 Å². The summed E-state index contributed by atoms with van der Waals surface area (Å²) in [6, 6.07) is 10.7. The zero-order valence-corrected chi connectivity index (χ0v) is 8.90. The van der Waals surface area contributed by atoms with E-state index in [9.17, 15) is 5.11 Å². The van der Waals surface area contributed by atoms with E-state index in [1.165, 1.54) is 5.56 Å². The summed E-state index contributed by atoms with van der Waals surface area (Å²) in [5.74, 6) is 0. The van der Waals surface area contributed by atoms with Crippen LogP contribution < -0.4 is 5.32 Å². The first-order chi connectivity index (χ1) is 6.74. The zero-order valence-electron chi connectivity index (χ0n) is 8.90. The third kappa shape index (κ3) is 3.48. The van der Waals surface area contributed by atoms with E-state index in [1.54, 1.807) is 6.92 Å². The second-order valence-electron chi connectivity index (χ2n) is 3.63. The van der Waals surface area contributed by atoms with Crippen molar-refractivity contribution < 1.29 is 5.11 Å². The van der Waals surface area contributed by atoms with Crippen molar-refractivity contribution in [2.75, 3.05) is 6.54 Å². The highest BCUT2D eigenvalue weighted by molar-refractivity contribution is 5.18. The first-order valence-electron chi connectivity index (χ1n) is 5.20. The summed E-state index contributed by atoms with van der Waals surface area (Å²) in [5.41, 5.74) is 1.29. The fourth-order valence-corrected chi connectivity index (χ4v) is 1.50. The molecule has 0 aromatic heterocycles. The number of aliphatic hydroxyl groups is 1. The van der Waals surface area contributed by atoms with Crippen LogP contribution in [0.5, 0.6) is 0 Å². The second kappa shape index (κ2) is 5.78. The van der Waals surface area contributed by atoms with E-state index < -0.39 is 0 Å². The van der Waals surface area contributed by atoms with Gasteiger partial charge < -0.3 is 10.4 Å². The van der Waals surface area contributed by atoms with Gasteiger partial charge >= 0.3 is 0 Å². The summed E-state index contributed by atoms with van der Waals surface area (Å²) >= 11 is 0. The van der Waals surface area contributed by atoms with Crippen LogP contribution in [0.25, 0.3) is 0 Å². The molecule has 0 saturated carbocycles.